The molecule has 1 rings (SSSR count). The molecule has 4 nitrogen and oxygen atoms in total. The van der Waals surface area contributed by atoms with Crippen LogP contribution >= 0.6 is 11.3 Å². The number of sulfonamides is 1. The lowest BCUT2D eigenvalue weighted by molar-refractivity contribution is 0.600. The van der Waals surface area contributed by atoms with Crippen LogP contribution in [0.2, 0.25) is 0 Å². The van der Waals surface area contributed by atoms with E-state index in [9.17, 15) is 8.42 Å². The van der Waals surface area contributed by atoms with Gasteiger partial charge in [0.05, 0.1) is 11.4 Å². The summed E-state index contributed by atoms with van der Waals surface area (Å²) >= 11 is 1.37. The van der Waals surface area contributed by atoms with Gasteiger partial charge in [-0.2, -0.15) is 0 Å². The number of hydrogen-bond donors (Lipinski definition) is 1. The molecule has 0 radical (unpaired) electrons. The molecule has 0 amide bonds. The van der Waals surface area contributed by atoms with E-state index in [-0.39, 0.29) is 5.75 Å². The maximum Gasteiger partial charge on any atom is 0.234 e. The average Bonchev–Trinajstić information content (AvgIpc) is 2.29. The van der Waals surface area contributed by atoms with Gasteiger partial charge in [0.25, 0.3) is 0 Å². The molecule has 1 heterocycles. The van der Waals surface area contributed by atoms with Gasteiger partial charge in [-0.05, 0) is 20.3 Å². The van der Waals surface area contributed by atoms with E-state index in [0.29, 0.717) is 11.6 Å². The maximum atomic E-state index is 11.4. The van der Waals surface area contributed by atoms with E-state index in [1.807, 2.05) is 20.8 Å². The molecular weight excluding hydrogens is 220 g/mol. The molecule has 6 heteroatoms. The second-order valence-electron chi connectivity index (χ2n) is 3.08. The lowest BCUT2D eigenvalue weighted by Crippen LogP contribution is -2.15. The van der Waals surface area contributed by atoms with Crippen molar-refractivity contribution in [3.05, 3.63) is 10.6 Å². The van der Waals surface area contributed by atoms with E-state index in [0.717, 1.165) is 10.6 Å². The lowest BCUT2D eigenvalue weighted by atomic mass is 10.4. The van der Waals surface area contributed by atoms with Gasteiger partial charge in [-0.15, -0.1) is 11.3 Å². The first-order chi connectivity index (χ1) is 6.44. The Morgan fingerprint density at radius 3 is 2.50 bits per heavy atom. The first-order valence-electron chi connectivity index (χ1n) is 4.39. The summed E-state index contributed by atoms with van der Waals surface area (Å²) in [5, 5.41) is 0.466. The van der Waals surface area contributed by atoms with E-state index in [4.69, 9.17) is 0 Å². The second-order valence-corrected chi connectivity index (χ2v) is 6.13. The third-order valence-corrected chi connectivity index (χ3v) is 4.31. The summed E-state index contributed by atoms with van der Waals surface area (Å²) in [4.78, 5) is 5.15. The highest BCUT2D eigenvalue weighted by atomic mass is 32.2. The van der Waals surface area contributed by atoms with Gasteiger partial charge in [-0.1, -0.05) is 6.92 Å². The molecule has 1 aromatic rings. The number of thiazole rings is 1. The predicted octanol–water partition coefficient (Wildman–Crippen LogP) is 1.91. The molecule has 0 fully saturated rings. The molecule has 80 valence electrons. The van der Waals surface area contributed by atoms with Gasteiger partial charge in [0.15, 0.2) is 5.13 Å². The van der Waals surface area contributed by atoms with Crippen molar-refractivity contribution < 1.29 is 8.42 Å². The Hall–Kier alpha value is -0.620. The minimum atomic E-state index is -3.19. The van der Waals surface area contributed by atoms with Gasteiger partial charge in [0, 0.05) is 4.88 Å². The Balaban J connectivity index is 2.79. The van der Waals surface area contributed by atoms with Gasteiger partial charge in [0.1, 0.15) is 0 Å². The van der Waals surface area contributed by atoms with E-state index in [1.54, 1.807) is 0 Å². The zero-order valence-electron chi connectivity index (χ0n) is 8.49. The van der Waals surface area contributed by atoms with E-state index in [1.165, 1.54) is 11.3 Å². The summed E-state index contributed by atoms with van der Waals surface area (Å²) in [5.41, 5.74) is 0.879. The first kappa shape index (κ1) is 11.5. The molecule has 0 saturated carbocycles. The number of anilines is 1. The van der Waals surface area contributed by atoms with Gasteiger partial charge in [0.2, 0.25) is 10.0 Å². The third kappa shape index (κ3) is 2.95. The molecule has 0 unspecified atom stereocenters. The third-order valence-electron chi connectivity index (χ3n) is 1.74. The van der Waals surface area contributed by atoms with E-state index < -0.39 is 10.0 Å². The fourth-order valence-corrected chi connectivity index (χ4v) is 3.13. The number of aromatic nitrogens is 1. The van der Waals surface area contributed by atoms with Crippen LogP contribution < -0.4 is 4.72 Å². The summed E-state index contributed by atoms with van der Waals surface area (Å²) in [6, 6.07) is 0. The molecule has 0 spiro atoms. The normalized spacial score (nSPS) is 11.6. The molecule has 0 atom stereocenters. The van der Waals surface area contributed by atoms with E-state index >= 15 is 0 Å². The largest absolute Gasteiger partial charge is 0.259 e. The number of rotatable bonds is 4. The standard InChI is InChI=1S/C8H14N2O2S2/c1-4-5-14(11,12)10-8-9-6(2)7(3)13-8/h4-5H2,1-3H3,(H,9,10). The van der Waals surface area contributed by atoms with Crippen molar-refractivity contribution in [1.29, 1.82) is 0 Å². The molecule has 0 aromatic carbocycles. The molecule has 0 aliphatic carbocycles. The van der Waals surface area contributed by atoms with Crippen molar-refractivity contribution in [3.63, 3.8) is 0 Å². The highest BCUT2D eigenvalue weighted by molar-refractivity contribution is 7.92. The number of hydrogen-bond acceptors (Lipinski definition) is 4. The summed E-state index contributed by atoms with van der Waals surface area (Å²) < 4.78 is 25.2. The second kappa shape index (κ2) is 4.27. The molecule has 0 bridgehead atoms. The number of aryl methyl sites for hydroxylation is 2. The van der Waals surface area contributed by atoms with Crippen molar-refractivity contribution in [3.8, 4) is 0 Å². The number of nitrogens with one attached hydrogen (secondary N) is 1. The minimum Gasteiger partial charge on any atom is -0.259 e. The monoisotopic (exact) mass is 234 g/mol. The molecule has 1 aromatic heterocycles. The van der Waals surface area contributed by atoms with Crippen molar-refractivity contribution in [2.75, 3.05) is 10.5 Å². The Morgan fingerprint density at radius 1 is 1.43 bits per heavy atom. The fraction of sp³-hybridized carbons (Fsp3) is 0.625. The maximum absolute atomic E-state index is 11.4. The molecular formula is C8H14N2O2S2. The molecule has 0 saturated heterocycles. The lowest BCUT2D eigenvalue weighted by Gasteiger charge is -2.01. The molecule has 0 aliphatic rings. The van der Waals surface area contributed by atoms with Crippen LogP contribution in [0.1, 0.15) is 23.9 Å². The van der Waals surface area contributed by atoms with Crippen molar-refractivity contribution in [2.24, 2.45) is 0 Å². The van der Waals surface area contributed by atoms with Crippen LogP contribution in [0.5, 0.6) is 0 Å². The van der Waals surface area contributed by atoms with Gasteiger partial charge in [-0.25, -0.2) is 13.4 Å². The first-order valence-corrected chi connectivity index (χ1v) is 6.86. The fourth-order valence-electron chi connectivity index (χ4n) is 0.969. The Morgan fingerprint density at radius 2 is 2.07 bits per heavy atom. The predicted molar refractivity (Wildman–Crippen MR) is 59.3 cm³/mol. The highest BCUT2D eigenvalue weighted by Crippen LogP contribution is 2.22. The van der Waals surface area contributed by atoms with Crippen LogP contribution in [0, 0.1) is 13.8 Å². The Labute approximate surface area is 88.4 Å². The van der Waals surface area contributed by atoms with Gasteiger partial charge < -0.3 is 0 Å². The highest BCUT2D eigenvalue weighted by Gasteiger charge is 2.12. The van der Waals surface area contributed by atoms with Crippen LogP contribution in [-0.4, -0.2) is 19.2 Å². The average molecular weight is 234 g/mol. The summed E-state index contributed by atoms with van der Waals surface area (Å²) in [6.07, 6.45) is 0.610. The van der Waals surface area contributed by atoms with Crippen molar-refractivity contribution in [2.45, 2.75) is 27.2 Å². The van der Waals surface area contributed by atoms with E-state index in [2.05, 4.69) is 9.71 Å². The van der Waals surface area contributed by atoms with Crippen molar-refractivity contribution in [1.82, 2.24) is 4.98 Å². The Kier molecular flexibility index (Phi) is 3.49. The van der Waals surface area contributed by atoms with Crippen LogP contribution in [0.25, 0.3) is 0 Å². The molecule has 0 aliphatic heterocycles. The molecule has 14 heavy (non-hydrogen) atoms. The van der Waals surface area contributed by atoms with Crippen LogP contribution in [0.15, 0.2) is 0 Å². The topological polar surface area (TPSA) is 59.1 Å². The minimum absolute atomic E-state index is 0.144. The van der Waals surface area contributed by atoms with Gasteiger partial charge in [-0.3, -0.25) is 4.72 Å². The SMILES string of the molecule is CCCS(=O)(=O)Nc1nc(C)c(C)s1. The van der Waals surface area contributed by atoms with Crippen molar-refractivity contribution >= 4 is 26.5 Å². The molecule has 1 N–H and O–H groups in total. The van der Waals surface area contributed by atoms with Crippen LogP contribution in [0.4, 0.5) is 5.13 Å². The zero-order chi connectivity index (χ0) is 10.8. The van der Waals surface area contributed by atoms with Crippen LogP contribution in [-0.2, 0) is 10.0 Å². The zero-order valence-corrected chi connectivity index (χ0v) is 10.1. The summed E-state index contributed by atoms with van der Waals surface area (Å²) in [5.74, 6) is 0.144. The summed E-state index contributed by atoms with van der Waals surface area (Å²) in [7, 11) is -3.19. The Bertz CT molecular complexity index is 389. The summed E-state index contributed by atoms with van der Waals surface area (Å²) in [6.45, 7) is 5.62. The van der Waals surface area contributed by atoms with Crippen LogP contribution in [0.3, 0.4) is 0 Å². The van der Waals surface area contributed by atoms with Gasteiger partial charge >= 0.3 is 0 Å². The smallest absolute Gasteiger partial charge is 0.234 e. The quantitative estimate of drug-likeness (QED) is 0.865. The number of nitrogens with zero attached hydrogens (tertiary/aromatic N) is 1.